The van der Waals surface area contributed by atoms with Gasteiger partial charge in [-0.3, -0.25) is 4.79 Å². The molecule has 1 atom stereocenters. The molecule has 0 bridgehead atoms. The fraction of sp³-hybridized carbons (Fsp3) is 0.688. The Morgan fingerprint density at radius 1 is 1.30 bits per heavy atom. The average molecular weight is 292 g/mol. The van der Waals surface area contributed by atoms with E-state index in [2.05, 4.69) is 22.4 Å². The molecule has 1 saturated carbocycles. The van der Waals surface area contributed by atoms with Crippen molar-refractivity contribution in [1.29, 1.82) is 0 Å². The lowest BCUT2D eigenvalue weighted by Gasteiger charge is -2.32. The van der Waals surface area contributed by atoms with Crippen LogP contribution in [0.1, 0.15) is 49.4 Å². The minimum Gasteiger partial charge on any atom is -0.335 e. The third-order valence-corrected chi connectivity index (χ3v) is 5.91. The summed E-state index contributed by atoms with van der Waals surface area (Å²) in [5, 5.41) is 2.11. The Balaban J connectivity index is 1.65. The number of amides is 1. The van der Waals surface area contributed by atoms with Crippen molar-refractivity contribution in [2.45, 2.75) is 44.6 Å². The molecule has 2 heterocycles. The summed E-state index contributed by atoms with van der Waals surface area (Å²) >= 11 is 1.78. The van der Waals surface area contributed by atoms with E-state index in [4.69, 9.17) is 5.73 Å². The molecule has 1 saturated heterocycles. The summed E-state index contributed by atoms with van der Waals surface area (Å²) in [7, 11) is 0. The van der Waals surface area contributed by atoms with Gasteiger partial charge in [0.05, 0.1) is 6.04 Å². The van der Waals surface area contributed by atoms with Crippen LogP contribution < -0.4 is 5.73 Å². The number of hydrogen-bond acceptors (Lipinski definition) is 3. The Bertz CT molecular complexity index is 437. The molecule has 0 spiro atoms. The summed E-state index contributed by atoms with van der Waals surface area (Å²) in [5.74, 6) is 1.29. The maximum atomic E-state index is 12.8. The SMILES string of the molecule is NCC1CCC(C(=O)N2CCCC2c2cccs2)CC1. The van der Waals surface area contributed by atoms with Gasteiger partial charge in [0.15, 0.2) is 0 Å². The fourth-order valence-corrected chi connectivity index (χ4v) is 4.56. The molecular formula is C16H24N2OS. The Hall–Kier alpha value is -0.870. The van der Waals surface area contributed by atoms with E-state index in [0.29, 0.717) is 17.9 Å². The normalized spacial score (nSPS) is 30.6. The molecule has 0 radical (unpaired) electrons. The standard InChI is InChI=1S/C16H24N2OS/c17-11-12-5-7-13(8-6-12)16(19)18-9-1-3-14(18)15-4-2-10-20-15/h2,4,10,12-14H,1,3,5-9,11,17H2. The molecule has 1 amide bonds. The first kappa shape index (κ1) is 14.1. The molecule has 3 nitrogen and oxygen atoms in total. The van der Waals surface area contributed by atoms with Crippen molar-refractivity contribution in [2.75, 3.05) is 13.1 Å². The molecule has 110 valence electrons. The van der Waals surface area contributed by atoms with E-state index in [9.17, 15) is 4.79 Å². The zero-order valence-electron chi connectivity index (χ0n) is 12.0. The van der Waals surface area contributed by atoms with Crippen LogP contribution in [0.15, 0.2) is 17.5 Å². The number of nitrogens with two attached hydrogens (primary N) is 1. The first-order valence-electron chi connectivity index (χ1n) is 7.83. The zero-order valence-corrected chi connectivity index (χ0v) is 12.8. The Morgan fingerprint density at radius 3 is 2.75 bits per heavy atom. The number of carbonyl (C=O) groups excluding carboxylic acids is 1. The molecule has 1 aromatic heterocycles. The van der Waals surface area contributed by atoms with Crippen LogP contribution in [0, 0.1) is 11.8 Å². The minimum absolute atomic E-state index is 0.248. The molecule has 20 heavy (non-hydrogen) atoms. The Kier molecular flexibility index (Phi) is 4.41. The van der Waals surface area contributed by atoms with Gasteiger partial charge in [-0.25, -0.2) is 0 Å². The van der Waals surface area contributed by atoms with E-state index >= 15 is 0 Å². The summed E-state index contributed by atoms with van der Waals surface area (Å²) in [5.41, 5.74) is 5.74. The van der Waals surface area contributed by atoms with E-state index in [0.717, 1.165) is 51.6 Å². The third kappa shape index (κ3) is 2.77. The van der Waals surface area contributed by atoms with Crippen LogP contribution in [-0.4, -0.2) is 23.9 Å². The molecule has 0 aromatic carbocycles. The monoisotopic (exact) mass is 292 g/mol. The zero-order chi connectivity index (χ0) is 13.9. The van der Waals surface area contributed by atoms with Crippen LogP contribution in [-0.2, 0) is 4.79 Å². The molecule has 1 aliphatic carbocycles. The van der Waals surface area contributed by atoms with Crippen LogP contribution in [0.3, 0.4) is 0 Å². The van der Waals surface area contributed by atoms with Crippen LogP contribution in [0.2, 0.25) is 0 Å². The highest BCUT2D eigenvalue weighted by Crippen LogP contribution is 2.38. The molecule has 1 unspecified atom stereocenters. The molecule has 2 fully saturated rings. The number of thiophene rings is 1. The highest BCUT2D eigenvalue weighted by atomic mass is 32.1. The number of hydrogen-bond donors (Lipinski definition) is 1. The van der Waals surface area contributed by atoms with Crippen molar-refractivity contribution in [3.63, 3.8) is 0 Å². The highest BCUT2D eigenvalue weighted by molar-refractivity contribution is 7.10. The van der Waals surface area contributed by atoms with Gasteiger partial charge < -0.3 is 10.6 Å². The van der Waals surface area contributed by atoms with E-state index < -0.39 is 0 Å². The van der Waals surface area contributed by atoms with Gasteiger partial charge in [0.2, 0.25) is 5.91 Å². The van der Waals surface area contributed by atoms with Crippen molar-refractivity contribution >= 4 is 17.2 Å². The van der Waals surface area contributed by atoms with Gasteiger partial charge in [-0.05, 0) is 62.4 Å². The third-order valence-electron chi connectivity index (χ3n) is 4.94. The number of rotatable bonds is 3. The first-order chi connectivity index (χ1) is 9.79. The lowest BCUT2D eigenvalue weighted by Crippen LogP contribution is -2.37. The van der Waals surface area contributed by atoms with Gasteiger partial charge >= 0.3 is 0 Å². The molecule has 2 N–H and O–H groups in total. The lowest BCUT2D eigenvalue weighted by atomic mass is 9.81. The first-order valence-corrected chi connectivity index (χ1v) is 8.71. The fourth-order valence-electron chi connectivity index (χ4n) is 3.69. The van der Waals surface area contributed by atoms with E-state index in [1.165, 1.54) is 4.88 Å². The van der Waals surface area contributed by atoms with Crippen molar-refractivity contribution in [3.05, 3.63) is 22.4 Å². The minimum atomic E-state index is 0.248. The van der Waals surface area contributed by atoms with E-state index in [1.807, 2.05) is 0 Å². The second kappa shape index (κ2) is 6.27. The maximum Gasteiger partial charge on any atom is 0.226 e. The predicted octanol–water partition coefficient (Wildman–Crippen LogP) is 3.18. The number of nitrogens with zero attached hydrogens (tertiary/aromatic N) is 1. The predicted molar refractivity (Wildman–Crippen MR) is 82.5 cm³/mol. The highest BCUT2D eigenvalue weighted by Gasteiger charge is 2.35. The van der Waals surface area contributed by atoms with E-state index in [1.54, 1.807) is 11.3 Å². The van der Waals surface area contributed by atoms with Crippen molar-refractivity contribution in [3.8, 4) is 0 Å². The number of carbonyl (C=O) groups is 1. The maximum absolute atomic E-state index is 12.8. The second-order valence-corrected chi connectivity index (χ2v) is 7.14. The largest absolute Gasteiger partial charge is 0.335 e. The Morgan fingerprint density at radius 2 is 2.10 bits per heavy atom. The van der Waals surface area contributed by atoms with Gasteiger partial charge in [-0.15, -0.1) is 11.3 Å². The summed E-state index contributed by atoms with van der Waals surface area (Å²) in [4.78, 5) is 16.3. The van der Waals surface area contributed by atoms with Crippen molar-refractivity contribution < 1.29 is 4.79 Å². The molecule has 4 heteroatoms. The number of likely N-dealkylation sites (tertiary alicyclic amines) is 1. The van der Waals surface area contributed by atoms with Gasteiger partial charge in [-0.1, -0.05) is 6.07 Å². The molecule has 2 aliphatic rings. The van der Waals surface area contributed by atoms with Crippen LogP contribution >= 0.6 is 11.3 Å². The van der Waals surface area contributed by atoms with Crippen LogP contribution in [0.25, 0.3) is 0 Å². The Labute approximate surface area is 125 Å². The van der Waals surface area contributed by atoms with Gasteiger partial charge in [0, 0.05) is 17.3 Å². The van der Waals surface area contributed by atoms with Crippen LogP contribution in [0.5, 0.6) is 0 Å². The summed E-state index contributed by atoms with van der Waals surface area (Å²) < 4.78 is 0. The summed E-state index contributed by atoms with van der Waals surface area (Å²) in [6, 6.07) is 4.61. The lowest BCUT2D eigenvalue weighted by molar-refractivity contribution is -0.137. The van der Waals surface area contributed by atoms with E-state index in [-0.39, 0.29) is 5.92 Å². The smallest absolute Gasteiger partial charge is 0.226 e. The van der Waals surface area contributed by atoms with Gasteiger partial charge in [0.1, 0.15) is 0 Å². The molecule has 1 aliphatic heterocycles. The van der Waals surface area contributed by atoms with Gasteiger partial charge in [-0.2, -0.15) is 0 Å². The van der Waals surface area contributed by atoms with Crippen molar-refractivity contribution in [1.82, 2.24) is 4.90 Å². The summed E-state index contributed by atoms with van der Waals surface area (Å²) in [6.07, 6.45) is 6.61. The average Bonchev–Trinajstić information content (AvgIpc) is 3.16. The topological polar surface area (TPSA) is 46.3 Å². The summed E-state index contributed by atoms with van der Waals surface area (Å²) in [6.45, 7) is 1.72. The quantitative estimate of drug-likeness (QED) is 0.930. The molecule has 1 aromatic rings. The van der Waals surface area contributed by atoms with Crippen molar-refractivity contribution in [2.24, 2.45) is 17.6 Å². The molecular weight excluding hydrogens is 268 g/mol. The second-order valence-electron chi connectivity index (χ2n) is 6.16. The van der Waals surface area contributed by atoms with Crippen LogP contribution in [0.4, 0.5) is 0 Å². The molecule has 3 rings (SSSR count). The van der Waals surface area contributed by atoms with Gasteiger partial charge in [0.25, 0.3) is 0 Å².